The minimum atomic E-state index is -0.0480. The summed E-state index contributed by atoms with van der Waals surface area (Å²) in [5.74, 6) is 0.513. The van der Waals surface area contributed by atoms with Crippen molar-refractivity contribution in [2.45, 2.75) is 58.5 Å². The summed E-state index contributed by atoms with van der Waals surface area (Å²) in [6.07, 6.45) is 3.33. The third-order valence-corrected chi connectivity index (χ3v) is 3.97. The molecule has 3 nitrogen and oxygen atoms in total. The second kappa shape index (κ2) is 8.75. The summed E-state index contributed by atoms with van der Waals surface area (Å²) in [5, 5.41) is 3.18. The van der Waals surface area contributed by atoms with Crippen LogP contribution in [0.2, 0.25) is 0 Å². The molecule has 0 bridgehead atoms. The van der Waals surface area contributed by atoms with Crippen molar-refractivity contribution in [3.63, 3.8) is 0 Å². The van der Waals surface area contributed by atoms with Crippen LogP contribution in [0.3, 0.4) is 0 Å². The Morgan fingerprint density at radius 1 is 1.10 bits per heavy atom. The summed E-state index contributed by atoms with van der Waals surface area (Å²) in [6, 6.07) is 10.3. The highest BCUT2D eigenvalue weighted by atomic mass is 16.1. The van der Waals surface area contributed by atoms with Crippen LogP contribution in [0.25, 0.3) is 0 Å². The number of carbonyl (C=O) groups is 1. The van der Waals surface area contributed by atoms with Crippen molar-refractivity contribution in [1.82, 2.24) is 5.32 Å². The van der Waals surface area contributed by atoms with Crippen LogP contribution in [0.15, 0.2) is 30.3 Å². The quantitative estimate of drug-likeness (QED) is 0.764. The molecule has 1 amide bonds. The molecule has 0 spiro atoms. The van der Waals surface area contributed by atoms with Gasteiger partial charge >= 0.3 is 0 Å². The van der Waals surface area contributed by atoms with Crippen LogP contribution in [0.5, 0.6) is 0 Å². The van der Waals surface area contributed by atoms with Gasteiger partial charge in [0.1, 0.15) is 0 Å². The molecule has 2 atom stereocenters. The minimum Gasteiger partial charge on any atom is -0.349 e. The van der Waals surface area contributed by atoms with Gasteiger partial charge in [-0.3, -0.25) is 4.79 Å². The highest BCUT2D eigenvalue weighted by molar-refractivity contribution is 5.77. The molecule has 1 aromatic carbocycles. The van der Waals surface area contributed by atoms with E-state index in [1.54, 1.807) is 0 Å². The van der Waals surface area contributed by atoms with E-state index in [1.807, 2.05) is 25.1 Å². The van der Waals surface area contributed by atoms with E-state index >= 15 is 0 Å². The number of amides is 1. The number of rotatable bonds is 8. The van der Waals surface area contributed by atoms with Crippen molar-refractivity contribution in [3.8, 4) is 0 Å². The van der Waals surface area contributed by atoms with Gasteiger partial charge < -0.3 is 11.1 Å². The van der Waals surface area contributed by atoms with Gasteiger partial charge in [-0.15, -0.1) is 0 Å². The zero-order valence-corrected chi connectivity index (χ0v) is 12.9. The van der Waals surface area contributed by atoms with E-state index in [-0.39, 0.29) is 18.0 Å². The van der Waals surface area contributed by atoms with Crippen molar-refractivity contribution in [1.29, 1.82) is 0 Å². The minimum absolute atomic E-state index is 0.0480. The molecule has 0 aliphatic rings. The number of carbonyl (C=O) groups excluding carboxylic acids is 1. The van der Waals surface area contributed by atoms with E-state index < -0.39 is 0 Å². The average Bonchev–Trinajstić information content (AvgIpc) is 2.48. The fraction of sp³-hybridized carbons (Fsp3) is 0.588. The lowest BCUT2D eigenvalue weighted by Crippen LogP contribution is -2.36. The van der Waals surface area contributed by atoms with Crippen LogP contribution in [0.1, 0.15) is 58.1 Å². The maximum Gasteiger partial charge on any atom is 0.222 e. The normalized spacial score (nSPS) is 14.1. The van der Waals surface area contributed by atoms with E-state index in [0.717, 1.165) is 19.3 Å². The zero-order chi connectivity index (χ0) is 15.0. The molecule has 0 aliphatic heterocycles. The van der Waals surface area contributed by atoms with Crippen molar-refractivity contribution >= 4 is 5.91 Å². The number of nitrogens with two attached hydrogens (primary N) is 1. The second-order valence-corrected chi connectivity index (χ2v) is 5.40. The highest BCUT2D eigenvalue weighted by Crippen LogP contribution is 2.27. The Morgan fingerprint density at radius 2 is 1.70 bits per heavy atom. The Morgan fingerprint density at radius 3 is 2.20 bits per heavy atom. The summed E-state index contributed by atoms with van der Waals surface area (Å²) in [5.41, 5.74) is 7.05. The molecule has 3 N–H and O–H groups in total. The summed E-state index contributed by atoms with van der Waals surface area (Å²) >= 11 is 0. The summed E-state index contributed by atoms with van der Waals surface area (Å²) in [6.45, 7) is 6.36. The third kappa shape index (κ3) is 4.97. The first-order chi connectivity index (χ1) is 9.62. The lowest BCUT2D eigenvalue weighted by Gasteiger charge is -2.27. The standard InChI is InChI=1S/C17H28N2O/c1-4-13(5-2)17(14-10-8-7-9-11-14)19-16(20)12-15(18)6-3/h7-11,13,15,17H,4-6,12,18H2,1-3H3,(H,19,20). The molecule has 0 fully saturated rings. The molecule has 20 heavy (non-hydrogen) atoms. The van der Waals surface area contributed by atoms with Crippen molar-refractivity contribution in [3.05, 3.63) is 35.9 Å². The van der Waals surface area contributed by atoms with Gasteiger partial charge in [0.15, 0.2) is 0 Å². The molecule has 2 unspecified atom stereocenters. The molecule has 1 rings (SSSR count). The van der Waals surface area contributed by atoms with Crippen LogP contribution < -0.4 is 11.1 Å². The zero-order valence-electron chi connectivity index (χ0n) is 12.9. The molecule has 112 valence electrons. The lowest BCUT2D eigenvalue weighted by molar-refractivity contribution is -0.122. The smallest absolute Gasteiger partial charge is 0.222 e. The van der Waals surface area contributed by atoms with Crippen molar-refractivity contribution in [2.24, 2.45) is 11.7 Å². The number of nitrogens with one attached hydrogen (secondary N) is 1. The molecule has 0 aromatic heterocycles. The van der Waals surface area contributed by atoms with Crippen molar-refractivity contribution in [2.75, 3.05) is 0 Å². The Balaban J connectivity index is 2.81. The Bertz CT molecular complexity index is 387. The van der Waals surface area contributed by atoms with Gasteiger partial charge in [-0.1, -0.05) is 63.9 Å². The largest absolute Gasteiger partial charge is 0.349 e. The molecule has 3 heteroatoms. The van der Waals surface area contributed by atoms with Crippen LogP contribution in [-0.4, -0.2) is 11.9 Å². The lowest BCUT2D eigenvalue weighted by atomic mass is 9.88. The SMILES string of the molecule is CCC(N)CC(=O)NC(c1ccccc1)C(CC)CC. The predicted molar refractivity (Wildman–Crippen MR) is 84.3 cm³/mol. The maximum absolute atomic E-state index is 12.1. The monoisotopic (exact) mass is 276 g/mol. The molecular weight excluding hydrogens is 248 g/mol. The highest BCUT2D eigenvalue weighted by Gasteiger charge is 2.22. The fourth-order valence-electron chi connectivity index (χ4n) is 2.51. The summed E-state index contributed by atoms with van der Waals surface area (Å²) < 4.78 is 0. The predicted octanol–water partition coefficient (Wildman–Crippen LogP) is 3.41. The van der Waals surface area contributed by atoms with Crippen LogP contribution in [0, 0.1) is 5.92 Å². The Hall–Kier alpha value is -1.35. The number of benzene rings is 1. The molecule has 0 aliphatic carbocycles. The Kier molecular flexibility index (Phi) is 7.31. The van der Waals surface area contributed by atoms with E-state index in [9.17, 15) is 4.79 Å². The number of hydrogen-bond acceptors (Lipinski definition) is 2. The van der Waals surface area contributed by atoms with Crippen LogP contribution >= 0.6 is 0 Å². The van der Waals surface area contributed by atoms with Gasteiger partial charge in [-0.05, 0) is 17.9 Å². The van der Waals surface area contributed by atoms with Crippen LogP contribution in [-0.2, 0) is 4.79 Å². The topological polar surface area (TPSA) is 55.1 Å². The van der Waals surface area contributed by atoms with Crippen molar-refractivity contribution < 1.29 is 4.79 Å². The first kappa shape index (κ1) is 16.7. The fourth-order valence-corrected chi connectivity index (χ4v) is 2.51. The van der Waals surface area contributed by atoms with Gasteiger partial charge in [0.05, 0.1) is 6.04 Å². The first-order valence-corrected chi connectivity index (χ1v) is 7.72. The first-order valence-electron chi connectivity index (χ1n) is 7.72. The Labute approximate surface area is 122 Å². The van der Waals surface area contributed by atoms with Gasteiger partial charge in [-0.2, -0.15) is 0 Å². The van der Waals surface area contributed by atoms with E-state index in [0.29, 0.717) is 12.3 Å². The maximum atomic E-state index is 12.1. The van der Waals surface area contributed by atoms with Crippen LogP contribution in [0.4, 0.5) is 0 Å². The van der Waals surface area contributed by atoms with E-state index in [2.05, 4.69) is 31.3 Å². The second-order valence-electron chi connectivity index (χ2n) is 5.40. The summed E-state index contributed by atoms with van der Waals surface area (Å²) in [4.78, 5) is 12.1. The molecule has 1 aromatic rings. The molecule has 0 heterocycles. The molecule has 0 radical (unpaired) electrons. The van der Waals surface area contributed by atoms with Gasteiger partial charge in [-0.25, -0.2) is 0 Å². The van der Waals surface area contributed by atoms with Gasteiger partial charge in [0.2, 0.25) is 5.91 Å². The molecule has 0 saturated heterocycles. The van der Waals surface area contributed by atoms with Gasteiger partial charge in [0, 0.05) is 12.5 Å². The number of hydrogen-bond donors (Lipinski definition) is 2. The average molecular weight is 276 g/mol. The van der Waals surface area contributed by atoms with Gasteiger partial charge in [0.25, 0.3) is 0 Å². The molecular formula is C17H28N2O. The summed E-state index contributed by atoms with van der Waals surface area (Å²) in [7, 11) is 0. The molecule has 0 saturated carbocycles. The van der Waals surface area contributed by atoms with E-state index in [1.165, 1.54) is 5.56 Å². The third-order valence-electron chi connectivity index (χ3n) is 3.97. The van der Waals surface area contributed by atoms with E-state index in [4.69, 9.17) is 5.73 Å².